The Kier molecular flexibility index (Phi) is 7.10. The van der Waals surface area contributed by atoms with E-state index in [1.54, 1.807) is 24.3 Å². The van der Waals surface area contributed by atoms with Crippen LogP contribution < -0.4 is 5.32 Å². The highest BCUT2D eigenvalue weighted by atomic mass is 35.5. The fourth-order valence-electron chi connectivity index (χ4n) is 3.93. The van der Waals surface area contributed by atoms with Crippen LogP contribution in [0.2, 0.25) is 10.0 Å². The summed E-state index contributed by atoms with van der Waals surface area (Å²) in [6.45, 7) is 0.111. The molecule has 4 rings (SSSR count). The molecule has 1 aliphatic rings. The van der Waals surface area contributed by atoms with Gasteiger partial charge in [0, 0.05) is 23.1 Å². The molecule has 0 saturated heterocycles. The Hall–Kier alpha value is -3.37. The van der Waals surface area contributed by atoms with Gasteiger partial charge >= 0.3 is 6.18 Å². The van der Waals surface area contributed by atoms with Crippen LogP contribution in [0.3, 0.4) is 0 Å². The van der Waals surface area contributed by atoms with E-state index in [0.29, 0.717) is 21.9 Å². The molecule has 0 aromatic heterocycles. The van der Waals surface area contributed by atoms with Crippen LogP contribution in [-0.4, -0.2) is 37.7 Å². The lowest BCUT2D eigenvalue weighted by Crippen LogP contribution is -2.42. The number of nitrogens with zero attached hydrogens (tertiary/aromatic N) is 2. The molecule has 36 heavy (non-hydrogen) atoms. The summed E-state index contributed by atoms with van der Waals surface area (Å²) >= 11 is 11.5. The van der Waals surface area contributed by atoms with E-state index in [1.807, 2.05) is 0 Å². The molecular weight excluding hydrogens is 525 g/mol. The summed E-state index contributed by atoms with van der Waals surface area (Å²) in [5.74, 6) is -1.45. The Morgan fingerprint density at radius 3 is 2.50 bits per heavy atom. The van der Waals surface area contributed by atoms with Crippen LogP contribution in [0.15, 0.2) is 58.8 Å². The number of hydrogen-bond acceptors (Lipinski definition) is 5. The average Bonchev–Trinajstić information content (AvgIpc) is 3.31. The largest absolute Gasteiger partial charge is 0.435 e. The minimum absolute atomic E-state index is 0.0146. The molecule has 0 bridgehead atoms. The number of rotatable bonds is 6. The fourth-order valence-corrected chi connectivity index (χ4v) is 4.42. The third kappa shape index (κ3) is 4.58. The number of carbonyl (C=O) groups is 1. The molecule has 1 unspecified atom stereocenters. The van der Waals surface area contributed by atoms with E-state index < -0.39 is 45.5 Å². The van der Waals surface area contributed by atoms with Gasteiger partial charge in [-0.1, -0.05) is 63.8 Å². The summed E-state index contributed by atoms with van der Waals surface area (Å²) in [5, 5.41) is 9.80. The topological polar surface area (TPSA) is 72.3 Å². The third-order valence-corrected chi connectivity index (χ3v) is 6.20. The standard InChI is InChI=1S/C24H17Cl2F4N3O3/c1-35-32-9-8-31-22(34)17-7-6-16(14-4-2-3-5-15(14)17)20-12-23(36-33-20,24(28,29)30)13-10-18(25)21(27)19(26)11-13/h2-7,9-11H,8,12H2,1H3,(H,31,34)/b32-9+. The van der Waals surface area contributed by atoms with Crippen LogP contribution in [0.4, 0.5) is 17.6 Å². The molecular formula is C24H17Cl2F4N3O3. The van der Waals surface area contributed by atoms with Crippen LogP contribution in [-0.2, 0) is 15.3 Å². The number of halogens is 6. The predicted octanol–water partition coefficient (Wildman–Crippen LogP) is 6.23. The summed E-state index contributed by atoms with van der Waals surface area (Å²) in [6.07, 6.45) is -4.30. The van der Waals surface area contributed by atoms with Crippen molar-refractivity contribution in [3.63, 3.8) is 0 Å². The number of nitrogens with one attached hydrogen (secondary N) is 1. The monoisotopic (exact) mass is 541 g/mol. The maximum absolute atomic E-state index is 14.4. The van der Waals surface area contributed by atoms with Crippen molar-refractivity contribution in [2.75, 3.05) is 13.7 Å². The van der Waals surface area contributed by atoms with Gasteiger partial charge in [-0.2, -0.15) is 13.2 Å². The first-order valence-electron chi connectivity index (χ1n) is 10.4. The van der Waals surface area contributed by atoms with Gasteiger partial charge in [0.15, 0.2) is 5.82 Å². The maximum Gasteiger partial charge on any atom is 0.435 e. The summed E-state index contributed by atoms with van der Waals surface area (Å²) < 4.78 is 57.0. The number of amides is 1. The van der Waals surface area contributed by atoms with Crippen molar-refractivity contribution in [2.45, 2.75) is 18.2 Å². The molecule has 188 valence electrons. The van der Waals surface area contributed by atoms with E-state index >= 15 is 0 Å². The summed E-state index contributed by atoms with van der Waals surface area (Å²) in [5.41, 5.74) is -2.78. The Balaban J connectivity index is 1.73. The first-order valence-corrected chi connectivity index (χ1v) is 11.2. The first-order chi connectivity index (χ1) is 17.1. The Morgan fingerprint density at radius 2 is 1.86 bits per heavy atom. The van der Waals surface area contributed by atoms with Crippen LogP contribution in [0.1, 0.15) is 27.9 Å². The molecule has 0 aliphatic carbocycles. The minimum atomic E-state index is -4.94. The average molecular weight is 542 g/mol. The Morgan fingerprint density at radius 1 is 1.19 bits per heavy atom. The van der Waals surface area contributed by atoms with Gasteiger partial charge in [0.2, 0.25) is 0 Å². The van der Waals surface area contributed by atoms with Gasteiger partial charge in [0.05, 0.1) is 28.5 Å². The lowest BCUT2D eigenvalue weighted by atomic mass is 9.85. The molecule has 1 heterocycles. The zero-order chi connectivity index (χ0) is 26.1. The van der Waals surface area contributed by atoms with E-state index in [0.717, 1.165) is 12.1 Å². The zero-order valence-electron chi connectivity index (χ0n) is 18.5. The van der Waals surface area contributed by atoms with E-state index in [9.17, 15) is 22.4 Å². The number of hydrogen-bond donors (Lipinski definition) is 1. The van der Waals surface area contributed by atoms with E-state index in [2.05, 4.69) is 20.5 Å². The lowest BCUT2D eigenvalue weighted by Gasteiger charge is -2.29. The van der Waals surface area contributed by atoms with Gasteiger partial charge in [0.1, 0.15) is 7.11 Å². The molecule has 0 spiro atoms. The maximum atomic E-state index is 14.4. The Labute approximate surface area is 212 Å². The van der Waals surface area contributed by atoms with E-state index in [1.165, 1.54) is 25.5 Å². The normalized spacial score (nSPS) is 17.8. The van der Waals surface area contributed by atoms with Crippen LogP contribution in [0.25, 0.3) is 10.8 Å². The van der Waals surface area contributed by atoms with Gasteiger partial charge in [-0.25, -0.2) is 4.39 Å². The number of fused-ring (bicyclic) bond motifs is 1. The summed E-state index contributed by atoms with van der Waals surface area (Å²) in [7, 11) is 1.37. The van der Waals surface area contributed by atoms with Gasteiger partial charge in [0.25, 0.3) is 11.5 Å². The van der Waals surface area contributed by atoms with Crippen molar-refractivity contribution in [2.24, 2.45) is 10.3 Å². The van der Waals surface area contributed by atoms with Crippen molar-refractivity contribution in [1.29, 1.82) is 0 Å². The lowest BCUT2D eigenvalue weighted by molar-refractivity contribution is -0.275. The molecule has 3 aromatic carbocycles. The first kappa shape index (κ1) is 25.7. The molecule has 1 amide bonds. The molecule has 1 atom stereocenters. The quantitative estimate of drug-likeness (QED) is 0.174. The molecule has 3 aromatic rings. The molecule has 12 heteroatoms. The third-order valence-electron chi connectivity index (χ3n) is 5.65. The van der Waals surface area contributed by atoms with Crippen molar-refractivity contribution in [3.8, 4) is 0 Å². The highest BCUT2D eigenvalue weighted by Gasteiger charge is 2.62. The van der Waals surface area contributed by atoms with Crippen LogP contribution >= 0.6 is 23.2 Å². The molecule has 0 radical (unpaired) electrons. The second-order valence-corrected chi connectivity index (χ2v) is 8.59. The van der Waals surface area contributed by atoms with Crippen LogP contribution in [0, 0.1) is 5.82 Å². The molecule has 1 N–H and O–H groups in total. The van der Waals surface area contributed by atoms with E-state index in [4.69, 9.17) is 28.0 Å². The highest BCUT2D eigenvalue weighted by Crippen LogP contribution is 2.50. The Bertz CT molecular complexity index is 1370. The van der Waals surface area contributed by atoms with Crippen molar-refractivity contribution < 1.29 is 32.0 Å². The van der Waals surface area contributed by atoms with Gasteiger partial charge in [-0.15, -0.1) is 0 Å². The SMILES string of the molecule is CO/N=C/CNC(=O)c1ccc(C2=NOC(c3cc(Cl)c(F)c(Cl)c3)(C(F)(F)F)C2)c2ccccc12. The smallest absolute Gasteiger partial charge is 0.399 e. The van der Waals surface area contributed by atoms with Gasteiger partial charge in [-0.05, 0) is 29.0 Å². The number of carbonyl (C=O) groups excluding carboxylic acids is 1. The second-order valence-electron chi connectivity index (χ2n) is 7.77. The van der Waals surface area contributed by atoms with Crippen molar-refractivity contribution in [1.82, 2.24) is 5.32 Å². The highest BCUT2D eigenvalue weighted by molar-refractivity contribution is 6.35. The molecule has 0 fully saturated rings. The predicted molar refractivity (Wildman–Crippen MR) is 128 cm³/mol. The molecule has 6 nitrogen and oxygen atoms in total. The van der Waals surface area contributed by atoms with Gasteiger partial charge in [-0.3, -0.25) is 4.79 Å². The van der Waals surface area contributed by atoms with Crippen molar-refractivity contribution in [3.05, 3.63) is 81.1 Å². The fraction of sp³-hybridized carbons (Fsp3) is 0.208. The minimum Gasteiger partial charge on any atom is -0.399 e. The number of alkyl halides is 3. The van der Waals surface area contributed by atoms with Gasteiger partial charge < -0.3 is 15.0 Å². The zero-order valence-corrected chi connectivity index (χ0v) is 20.0. The van der Waals surface area contributed by atoms with Crippen molar-refractivity contribution >= 4 is 51.8 Å². The second kappa shape index (κ2) is 9.94. The van der Waals surface area contributed by atoms with Crippen LogP contribution in [0.5, 0.6) is 0 Å². The summed E-state index contributed by atoms with van der Waals surface area (Å²) in [6, 6.07) is 11.4. The molecule has 0 saturated carbocycles. The molecule has 1 aliphatic heterocycles. The summed E-state index contributed by atoms with van der Waals surface area (Å²) in [4.78, 5) is 22.3. The number of benzene rings is 3. The van der Waals surface area contributed by atoms with E-state index in [-0.39, 0.29) is 12.3 Å². The number of oxime groups is 2.